The Hall–Kier alpha value is -4.10. The van der Waals surface area contributed by atoms with Crippen molar-refractivity contribution >= 4 is 21.8 Å². The van der Waals surface area contributed by atoms with E-state index in [-0.39, 0.29) is 0 Å². The molecule has 1 heterocycles. The molecule has 152 valence electrons. The first-order valence-corrected chi connectivity index (χ1v) is 11.0. The number of rotatable bonds is 3. The quantitative estimate of drug-likeness (QED) is 0.276. The summed E-state index contributed by atoms with van der Waals surface area (Å²) in [7, 11) is 0. The van der Waals surface area contributed by atoms with E-state index in [9.17, 15) is 0 Å². The first-order valence-electron chi connectivity index (χ1n) is 11.0. The maximum Gasteiger partial charge on any atom is 0.0547 e. The number of benzene rings is 5. The molecule has 1 heteroatoms. The first kappa shape index (κ1) is 18.7. The van der Waals surface area contributed by atoms with Crippen molar-refractivity contribution in [1.82, 2.24) is 4.57 Å². The zero-order valence-corrected chi connectivity index (χ0v) is 18.0. The summed E-state index contributed by atoms with van der Waals surface area (Å²) in [5, 5.41) is 2.56. The predicted octanol–water partition coefficient (Wildman–Crippen LogP) is 8.43. The fourth-order valence-corrected chi connectivity index (χ4v) is 4.71. The second-order valence-corrected chi connectivity index (χ2v) is 8.37. The summed E-state index contributed by atoms with van der Waals surface area (Å²) in [6.45, 7) is 2.14. The molecule has 6 rings (SSSR count). The second-order valence-electron chi connectivity index (χ2n) is 8.37. The highest BCUT2D eigenvalue weighted by atomic mass is 15.0. The molecule has 0 amide bonds. The van der Waals surface area contributed by atoms with Crippen LogP contribution in [0.3, 0.4) is 0 Å². The third-order valence-corrected chi connectivity index (χ3v) is 6.24. The molecule has 0 spiro atoms. The number of para-hydroxylation sites is 1. The van der Waals surface area contributed by atoms with Crippen LogP contribution in [0.25, 0.3) is 49.7 Å². The summed E-state index contributed by atoms with van der Waals surface area (Å²) >= 11 is 0. The van der Waals surface area contributed by atoms with Gasteiger partial charge >= 0.3 is 0 Å². The highest BCUT2D eigenvalue weighted by Crippen LogP contribution is 2.35. The molecule has 0 aliphatic carbocycles. The molecule has 0 aliphatic heterocycles. The first-order chi connectivity index (χ1) is 15.8. The Morgan fingerprint density at radius 2 is 1.09 bits per heavy atom. The van der Waals surface area contributed by atoms with Crippen LogP contribution in [0.15, 0.2) is 121 Å². The van der Waals surface area contributed by atoms with Crippen LogP contribution in [0.4, 0.5) is 0 Å². The van der Waals surface area contributed by atoms with E-state index >= 15 is 0 Å². The monoisotopic (exact) mass is 409 g/mol. The van der Waals surface area contributed by atoms with Gasteiger partial charge in [-0.05, 0) is 53.4 Å². The Balaban J connectivity index is 1.62. The molecule has 0 bridgehead atoms. The van der Waals surface area contributed by atoms with E-state index < -0.39 is 0 Å². The summed E-state index contributed by atoms with van der Waals surface area (Å²) in [6.07, 6.45) is 0. The third kappa shape index (κ3) is 3.11. The number of nitrogens with zero attached hydrogens (tertiary/aromatic N) is 1. The molecular formula is C31H23N. The Labute approximate surface area is 188 Å². The summed E-state index contributed by atoms with van der Waals surface area (Å²) < 4.78 is 2.40. The van der Waals surface area contributed by atoms with E-state index in [4.69, 9.17) is 0 Å². The zero-order chi connectivity index (χ0) is 21.5. The molecular weight excluding hydrogens is 386 g/mol. The van der Waals surface area contributed by atoms with Crippen molar-refractivity contribution in [3.05, 3.63) is 127 Å². The van der Waals surface area contributed by atoms with Gasteiger partial charge in [-0.2, -0.15) is 0 Å². The van der Waals surface area contributed by atoms with E-state index in [2.05, 4.69) is 133 Å². The van der Waals surface area contributed by atoms with Crippen molar-refractivity contribution in [2.75, 3.05) is 0 Å². The van der Waals surface area contributed by atoms with Crippen molar-refractivity contribution in [2.45, 2.75) is 6.92 Å². The average molecular weight is 410 g/mol. The second kappa shape index (κ2) is 7.55. The number of hydrogen-bond donors (Lipinski definition) is 0. The van der Waals surface area contributed by atoms with Crippen molar-refractivity contribution in [3.63, 3.8) is 0 Å². The molecule has 0 atom stereocenters. The van der Waals surface area contributed by atoms with Gasteiger partial charge in [0.1, 0.15) is 0 Å². The SMILES string of the molecule is Cc1cccc(-c2cccc(-n3c4ccccc4c4ccc(-c5ccccc5)cc43)c2)c1. The van der Waals surface area contributed by atoms with Gasteiger partial charge < -0.3 is 4.57 Å². The van der Waals surface area contributed by atoms with Gasteiger partial charge in [0.2, 0.25) is 0 Å². The van der Waals surface area contributed by atoms with E-state index in [0.717, 1.165) is 0 Å². The van der Waals surface area contributed by atoms with Crippen LogP contribution in [0.5, 0.6) is 0 Å². The number of hydrogen-bond acceptors (Lipinski definition) is 0. The molecule has 0 aliphatic rings. The summed E-state index contributed by atoms with van der Waals surface area (Å²) in [5.74, 6) is 0. The average Bonchev–Trinajstić information content (AvgIpc) is 3.18. The van der Waals surface area contributed by atoms with Crippen molar-refractivity contribution in [1.29, 1.82) is 0 Å². The van der Waals surface area contributed by atoms with Crippen molar-refractivity contribution in [3.8, 4) is 27.9 Å². The molecule has 6 aromatic rings. The van der Waals surface area contributed by atoms with Gasteiger partial charge in [-0.25, -0.2) is 0 Å². The normalized spacial score (nSPS) is 11.3. The number of fused-ring (bicyclic) bond motifs is 3. The highest BCUT2D eigenvalue weighted by Gasteiger charge is 2.13. The topological polar surface area (TPSA) is 4.93 Å². The Bertz CT molecular complexity index is 1570. The molecule has 1 nitrogen and oxygen atoms in total. The Morgan fingerprint density at radius 3 is 1.94 bits per heavy atom. The van der Waals surface area contributed by atoms with Crippen LogP contribution >= 0.6 is 0 Å². The molecule has 0 saturated heterocycles. The Morgan fingerprint density at radius 1 is 0.438 bits per heavy atom. The van der Waals surface area contributed by atoms with Crippen LogP contribution < -0.4 is 0 Å². The maximum atomic E-state index is 2.40. The third-order valence-electron chi connectivity index (χ3n) is 6.24. The Kier molecular flexibility index (Phi) is 4.40. The minimum atomic E-state index is 1.18. The lowest BCUT2D eigenvalue weighted by molar-refractivity contribution is 1.18. The highest BCUT2D eigenvalue weighted by molar-refractivity contribution is 6.10. The van der Waals surface area contributed by atoms with Crippen molar-refractivity contribution in [2.24, 2.45) is 0 Å². The lowest BCUT2D eigenvalue weighted by atomic mass is 10.0. The van der Waals surface area contributed by atoms with E-state index in [0.29, 0.717) is 0 Å². The number of aryl methyl sites for hydroxylation is 1. The summed E-state index contributed by atoms with van der Waals surface area (Å²) in [4.78, 5) is 0. The van der Waals surface area contributed by atoms with Crippen LogP contribution in [-0.2, 0) is 0 Å². The summed E-state index contributed by atoms with van der Waals surface area (Å²) in [5.41, 5.74) is 9.87. The molecule has 0 N–H and O–H groups in total. The van der Waals surface area contributed by atoms with Gasteiger partial charge in [-0.3, -0.25) is 0 Å². The molecule has 32 heavy (non-hydrogen) atoms. The van der Waals surface area contributed by atoms with Gasteiger partial charge in [0.15, 0.2) is 0 Å². The van der Waals surface area contributed by atoms with E-state index in [1.54, 1.807) is 0 Å². The van der Waals surface area contributed by atoms with Gasteiger partial charge in [0.25, 0.3) is 0 Å². The zero-order valence-electron chi connectivity index (χ0n) is 18.0. The van der Waals surface area contributed by atoms with Crippen LogP contribution in [0, 0.1) is 6.92 Å². The molecule has 0 fully saturated rings. The van der Waals surface area contributed by atoms with Crippen molar-refractivity contribution < 1.29 is 0 Å². The maximum absolute atomic E-state index is 2.40. The van der Waals surface area contributed by atoms with E-state index in [1.807, 2.05) is 0 Å². The van der Waals surface area contributed by atoms with Gasteiger partial charge in [0, 0.05) is 16.5 Å². The molecule has 5 aromatic carbocycles. The van der Waals surface area contributed by atoms with E-state index in [1.165, 1.54) is 55.3 Å². The van der Waals surface area contributed by atoms with Gasteiger partial charge in [-0.1, -0.05) is 103 Å². The molecule has 0 radical (unpaired) electrons. The van der Waals surface area contributed by atoms with Gasteiger partial charge in [-0.15, -0.1) is 0 Å². The minimum Gasteiger partial charge on any atom is -0.309 e. The fourth-order valence-electron chi connectivity index (χ4n) is 4.71. The van der Waals surface area contributed by atoms with Crippen LogP contribution in [-0.4, -0.2) is 4.57 Å². The molecule has 1 aromatic heterocycles. The minimum absolute atomic E-state index is 1.18. The fraction of sp³-hybridized carbons (Fsp3) is 0.0323. The lowest BCUT2D eigenvalue weighted by Crippen LogP contribution is -1.94. The predicted molar refractivity (Wildman–Crippen MR) is 136 cm³/mol. The lowest BCUT2D eigenvalue weighted by Gasteiger charge is -2.11. The van der Waals surface area contributed by atoms with Crippen LogP contribution in [0.2, 0.25) is 0 Å². The standard InChI is InChI=1S/C31H23N/c1-22-9-7-12-24(19-22)25-13-8-14-27(20-25)32-30-16-6-5-15-28(30)29-18-17-26(21-31(29)32)23-10-3-2-4-11-23/h2-21H,1H3. The smallest absolute Gasteiger partial charge is 0.0547 e. The molecule has 0 saturated carbocycles. The summed E-state index contributed by atoms with van der Waals surface area (Å²) in [6, 6.07) is 43.7. The number of aromatic nitrogens is 1. The molecule has 0 unspecified atom stereocenters. The van der Waals surface area contributed by atoms with Gasteiger partial charge in [0.05, 0.1) is 11.0 Å². The van der Waals surface area contributed by atoms with Crippen LogP contribution in [0.1, 0.15) is 5.56 Å². The largest absolute Gasteiger partial charge is 0.309 e.